The minimum atomic E-state index is -3.82. The van der Waals surface area contributed by atoms with Crippen molar-refractivity contribution in [1.82, 2.24) is 9.97 Å². The monoisotopic (exact) mass is 476 g/mol. The van der Waals surface area contributed by atoms with Crippen LogP contribution >= 0.6 is 23.4 Å². The van der Waals surface area contributed by atoms with Crippen LogP contribution in [0.1, 0.15) is 18.4 Å². The van der Waals surface area contributed by atoms with E-state index in [1.54, 1.807) is 51.1 Å². The number of anilines is 2. The number of nitrogens with one attached hydrogen (secondary N) is 2. The topological polar surface area (TPSA) is 101 Å². The van der Waals surface area contributed by atoms with Gasteiger partial charge in [-0.1, -0.05) is 11.6 Å². The number of carbonyl (C=O) groups is 1. The van der Waals surface area contributed by atoms with Crippen LogP contribution in [0.5, 0.6) is 0 Å². The first kappa shape index (κ1) is 23.1. The Bertz CT molecular complexity index is 1160. The first-order valence-corrected chi connectivity index (χ1v) is 12.0. The van der Waals surface area contributed by atoms with E-state index in [0.29, 0.717) is 22.2 Å². The molecule has 0 saturated heterocycles. The van der Waals surface area contributed by atoms with E-state index in [0.717, 1.165) is 4.90 Å². The molecule has 0 unspecified atom stereocenters. The second-order valence-electron chi connectivity index (χ2n) is 6.77. The van der Waals surface area contributed by atoms with Gasteiger partial charge in [-0.3, -0.25) is 9.52 Å². The molecule has 0 bridgehead atoms. The number of amides is 1. The maximum Gasteiger partial charge on any atom is 0.263 e. The Labute approximate surface area is 190 Å². The van der Waals surface area contributed by atoms with E-state index in [2.05, 4.69) is 20.0 Å². The SMILES string of the molecule is Cc1cc(NS(=O)(=O)c2ccc(NC(=O)[C@@H](C)Sc3ccc(Cl)cc3)cc2)nc(C)n1. The van der Waals surface area contributed by atoms with Crippen molar-refractivity contribution in [3.05, 3.63) is 71.1 Å². The Hall–Kier alpha value is -2.62. The van der Waals surface area contributed by atoms with E-state index >= 15 is 0 Å². The molecule has 0 radical (unpaired) electrons. The summed E-state index contributed by atoms with van der Waals surface area (Å²) in [6.07, 6.45) is 0. The van der Waals surface area contributed by atoms with Gasteiger partial charge in [-0.15, -0.1) is 11.8 Å². The lowest BCUT2D eigenvalue weighted by atomic mass is 10.3. The average Bonchev–Trinajstić information content (AvgIpc) is 2.69. The fourth-order valence-corrected chi connectivity index (χ4v) is 4.68. The summed E-state index contributed by atoms with van der Waals surface area (Å²) in [7, 11) is -3.82. The molecule has 1 amide bonds. The highest BCUT2D eigenvalue weighted by molar-refractivity contribution is 8.00. The van der Waals surface area contributed by atoms with Crippen LogP contribution in [0.3, 0.4) is 0 Å². The van der Waals surface area contributed by atoms with E-state index in [1.165, 1.54) is 23.9 Å². The molecule has 0 spiro atoms. The predicted octanol–water partition coefficient (Wildman–Crippen LogP) is 4.67. The van der Waals surface area contributed by atoms with Crippen molar-refractivity contribution in [2.45, 2.75) is 35.8 Å². The Morgan fingerprint density at radius 3 is 2.29 bits per heavy atom. The van der Waals surface area contributed by atoms with E-state index in [1.807, 2.05) is 12.1 Å². The lowest BCUT2D eigenvalue weighted by Gasteiger charge is -2.13. The molecule has 2 N–H and O–H groups in total. The predicted molar refractivity (Wildman–Crippen MR) is 124 cm³/mol. The number of nitrogens with zero attached hydrogens (tertiary/aromatic N) is 2. The maximum absolute atomic E-state index is 12.6. The smallest absolute Gasteiger partial charge is 0.263 e. The molecule has 0 aliphatic carbocycles. The molecule has 1 aromatic heterocycles. The Balaban J connectivity index is 1.64. The fraction of sp³-hybridized carbons (Fsp3) is 0.190. The van der Waals surface area contributed by atoms with Gasteiger partial charge in [0.25, 0.3) is 10.0 Å². The molecule has 0 aliphatic heterocycles. The van der Waals surface area contributed by atoms with Crippen molar-refractivity contribution in [2.24, 2.45) is 0 Å². The van der Waals surface area contributed by atoms with Crippen LogP contribution in [0.2, 0.25) is 5.02 Å². The summed E-state index contributed by atoms with van der Waals surface area (Å²) in [5, 5.41) is 3.08. The minimum Gasteiger partial charge on any atom is -0.325 e. The number of hydrogen-bond donors (Lipinski definition) is 2. The Morgan fingerprint density at radius 2 is 1.68 bits per heavy atom. The number of aromatic nitrogens is 2. The lowest BCUT2D eigenvalue weighted by Crippen LogP contribution is -2.22. The molecule has 7 nitrogen and oxygen atoms in total. The molecule has 0 fully saturated rings. The zero-order valence-corrected chi connectivity index (χ0v) is 19.5. The number of rotatable bonds is 7. The third-order valence-electron chi connectivity index (χ3n) is 4.13. The third-order valence-corrected chi connectivity index (χ3v) is 6.87. The summed E-state index contributed by atoms with van der Waals surface area (Å²) in [5.41, 5.74) is 1.16. The number of sulfonamides is 1. The maximum atomic E-state index is 12.6. The van der Waals surface area contributed by atoms with Gasteiger partial charge in [-0.05, 0) is 69.3 Å². The second kappa shape index (κ2) is 9.67. The number of benzene rings is 2. The van der Waals surface area contributed by atoms with Crippen molar-refractivity contribution in [2.75, 3.05) is 10.0 Å². The van der Waals surface area contributed by atoms with Gasteiger partial charge >= 0.3 is 0 Å². The molecule has 3 rings (SSSR count). The third kappa shape index (κ3) is 6.43. The van der Waals surface area contributed by atoms with E-state index in [-0.39, 0.29) is 21.9 Å². The minimum absolute atomic E-state index is 0.0583. The average molecular weight is 477 g/mol. The summed E-state index contributed by atoms with van der Waals surface area (Å²) in [5.74, 6) is 0.484. The van der Waals surface area contributed by atoms with Crippen molar-refractivity contribution < 1.29 is 13.2 Å². The van der Waals surface area contributed by atoms with Crippen LogP contribution in [-0.2, 0) is 14.8 Å². The van der Waals surface area contributed by atoms with E-state index < -0.39 is 10.0 Å². The Morgan fingerprint density at radius 1 is 1.03 bits per heavy atom. The fourth-order valence-electron chi connectivity index (χ4n) is 2.70. The summed E-state index contributed by atoms with van der Waals surface area (Å²) in [6, 6.07) is 14.7. The van der Waals surface area contributed by atoms with Crippen LogP contribution in [0.25, 0.3) is 0 Å². The van der Waals surface area contributed by atoms with Gasteiger partial charge in [0.15, 0.2) is 0 Å². The van der Waals surface area contributed by atoms with Gasteiger partial charge in [-0.25, -0.2) is 18.4 Å². The number of halogens is 1. The molecule has 10 heteroatoms. The van der Waals surface area contributed by atoms with Crippen LogP contribution in [0, 0.1) is 13.8 Å². The highest BCUT2D eigenvalue weighted by Crippen LogP contribution is 2.26. The normalized spacial score (nSPS) is 12.3. The Kier molecular flexibility index (Phi) is 7.19. The first-order valence-electron chi connectivity index (χ1n) is 9.31. The van der Waals surface area contributed by atoms with Gasteiger partial charge in [0.05, 0.1) is 10.1 Å². The quantitative estimate of drug-likeness (QED) is 0.480. The van der Waals surface area contributed by atoms with E-state index in [4.69, 9.17) is 11.6 Å². The molecule has 1 heterocycles. The van der Waals surface area contributed by atoms with Crippen molar-refractivity contribution in [1.29, 1.82) is 0 Å². The van der Waals surface area contributed by atoms with Crippen LogP contribution in [0.15, 0.2) is 64.4 Å². The van der Waals surface area contributed by atoms with Crippen LogP contribution < -0.4 is 10.0 Å². The number of carbonyl (C=O) groups excluding carboxylic acids is 1. The van der Waals surface area contributed by atoms with Crippen LogP contribution in [-0.4, -0.2) is 29.5 Å². The molecular weight excluding hydrogens is 456 g/mol. The van der Waals surface area contributed by atoms with Crippen molar-refractivity contribution in [3.8, 4) is 0 Å². The van der Waals surface area contributed by atoms with Gasteiger partial charge in [0.1, 0.15) is 11.6 Å². The van der Waals surface area contributed by atoms with Crippen molar-refractivity contribution in [3.63, 3.8) is 0 Å². The first-order chi connectivity index (χ1) is 14.6. The van der Waals surface area contributed by atoms with Gasteiger partial charge in [0.2, 0.25) is 5.91 Å². The molecule has 3 aromatic rings. The van der Waals surface area contributed by atoms with E-state index in [9.17, 15) is 13.2 Å². The highest BCUT2D eigenvalue weighted by atomic mass is 35.5. The van der Waals surface area contributed by atoms with Crippen LogP contribution in [0.4, 0.5) is 11.5 Å². The zero-order valence-electron chi connectivity index (χ0n) is 17.1. The molecule has 2 aromatic carbocycles. The summed E-state index contributed by atoms with van der Waals surface area (Å²) < 4.78 is 27.7. The molecule has 0 saturated carbocycles. The largest absolute Gasteiger partial charge is 0.325 e. The molecule has 0 aliphatic rings. The summed E-state index contributed by atoms with van der Waals surface area (Å²) >= 11 is 7.28. The number of hydrogen-bond acceptors (Lipinski definition) is 6. The number of aryl methyl sites for hydroxylation is 2. The number of thioether (sulfide) groups is 1. The standard InChI is InChI=1S/C21H21ClN4O3S2/c1-13-12-20(24-15(3)23-13)26-31(28,29)19-10-6-17(7-11-19)25-21(27)14(2)30-18-8-4-16(22)5-9-18/h4-12,14H,1-3H3,(H,25,27)(H,23,24,26)/t14-/m1/s1. The second-order valence-corrected chi connectivity index (χ2v) is 10.3. The van der Waals surface area contributed by atoms with Gasteiger partial charge in [0, 0.05) is 27.4 Å². The van der Waals surface area contributed by atoms with Gasteiger partial charge < -0.3 is 5.32 Å². The summed E-state index contributed by atoms with van der Waals surface area (Å²) in [4.78, 5) is 21.7. The molecule has 162 valence electrons. The molecule has 1 atom stereocenters. The lowest BCUT2D eigenvalue weighted by molar-refractivity contribution is -0.115. The molecule has 31 heavy (non-hydrogen) atoms. The highest BCUT2D eigenvalue weighted by Gasteiger charge is 2.17. The van der Waals surface area contributed by atoms with Gasteiger partial charge in [-0.2, -0.15) is 0 Å². The zero-order chi connectivity index (χ0) is 22.6. The molecular formula is C21H21ClN4O3S2. The summed E-state index contributed by atoms with van der Waals surface area (Å²) in [6.45, 7) is 5.24. The van der Waals surface area contributed by atoms with Crippen molar-refractivity contribution >= 4 is 50.8 Å².